The third kappa shape index (κ3) is 2.79. The Balaban J connectivity index is 2.36. The molecular weight excluding hydrogens is 280 g/mol. The van der Waals surface area contributed by atoms with E-state index in [4.69, 9.17) is 27.5 Å². The predicted octanol–water partition coefficient (Wildman–Crippen LogP) is 0.718. The maximum Gasteiger partial charge on any atom is 0.207 e. The number of hydrogen-bond donors (Lipinski definition) is 4. The molecule has 1 aromatic heterocycles. The lowest BCUT2D eigenvalue weighted by molar-refractivity contribution is -0.528. The van der Waals surface area contributed by atoms with Crippen molar-refractivity contribution in [2.45, 2.75) is 0 Å². The average Bonchev–Trinajstić information content (AvgIpc) is 2.48. The lowest BCUT2D eigenvalue weighted by atomic mass is 10.3. The quantitative estimate of drug-likeness (QED) is 0.484. The molecule has 8 heteroatoms. The van der Waals surface area contributed by atoms with Crippen molar-refractivity contribution in [3.63, 3.8) is 0 Å². The molecule has 104 valence electrons. The van der Waals surface area contributed by atoms with Crippen LogP contribution in [0.15, 0.2) is 35.0 Å². The van der Waals surface area contributed by atoms with Gasteiger partial charge in [0.05, 0.1) is 30.5 Å². The molecule has 20 heavy (non-hydrogen) atoms. The van der Waals surface area contributed by atoms with Crippen LogP contribution < -0.4 is 21.1 Å². The Morgan fingerprint density at radius 1 is 1.60 bits per heavy atom. The first-order valence-corrected chi connectivity index (χ1v) is 6.12. The SMILES string of the molecule is CNc1c(N)ncc(O/C(C=N)=C2\C=NC=C[NH2+]2)c1Cl. The summed E-state index contributed by atoms with van der Waals surface area (Å²) in [5, 5.41) is 12.4. The van der Waals surface area contributed by atoms with E-state index in [1.54, 1.807) is 31.0 Å². The molecule has 2 rings (SSSR count). The molecule has 0 spiro atoms. The molecule has 0 saturated heterocycles. The lowest BCUT2D eigenvalue weighted by Crippen LogP contribution is -2.77. The molecule has 0 radical (unpaired) electrons. The number of hydrogen-bond acceptors (Lipinski definition) is 6. The molecule has 0 atom stereocenters. The van der Waals surface area contributed by atoms with Crippen LogP contribution in [-0.4, -0.2) is 24.5 Å². The second-order valence-corrected chi connectivity index (χ2v) is 4.18. The van der Waals surface area contributed by atoms with Crippen molar-refractivity contribution in [3.05, 3.63) is 35.1 Å². The first-order valence-electron chi connectivity index (χ1n) is 5.74. The minimum absolute atomic E-state index is 0.280. The van der Waals surface area contributed by atoms with Crippen LogP contribution in [0.1, 0.15) is 0 Å². The molecule has 0 fully saturated rings. The molecule has 0 amide bonds. The number of rotatable bonds is 4. The summed E-state index contributed by atoms with van der Waals surface area (Å²) in [5.74, 6) is 0.906. The van der Waals surface area contributed by atoms with Gasteiger partial charge < -0.3 is 21.2 Å². The Morgan fingerprint density at radius 2 is 2.40 bits per heavy atom. The number of pyridine rings is 1. The predicted molar refractivity (Wildman–Crippen MR) is 79.2 cm³/mol. The number of aromatic nitrogens is 1. The number of quaternary nitrogens is 1. The average molecular weight is 294 g/mol. The minimum Gasteiger partial charge on any atom is -0.446 e. The summed E-state index contributed by atoms with van der Waals surface area (Å²) in [4.78, 5) is 7.97. The van der Waals surface area contributed by atoms with E-state index in [0.717, 1.165) is 6.21 Å². The van der Waals surface area contributed by atoms with Crippen molar-refractivity contribution in [3.8, 4) is 5.75 Å². The van der Waals surface area contributed by atoms with Crippen molar-refractivity contribution < 1.29 is 10.1 Å². The Morgan fingerprint density at radius 3 is 3.00 bits per heavy atom. The molecule has 0 aliphatic carbocycles. The van der Waals surface area contributed by atoms with Crippen LogP contribution in [-0.2, 0) is 0 Å². The number of ether oxygens (including phenoxy) is 1. The van der Waals surface area contributed by atoms with Gasteiger partial charge in [0.1, 0.15) is 17.0 Å². The lowest BCUT2D eigenvalue weighted by Gasteiger charge is -2.12. The van der Waals surface area contributed by atoms with Crippen molar-refractivity contribution in [2.24, 2.45) is 4.99 Å². The third-order valence-corrected chi connectivity index (χ3v) is 2.94. The van der Waals surface area contributed by atoms with Crippen LogP contribution in [0.2, 0.25) is 5.02 Å². The van der Waals surface area contributed by atoms with Crippen molar-refractivity contribution in [1.82, 2.24) is 4.98 Å². The zero-order valence-electron chi connectivity index (χ0n) is 10.7. The Kier molecular flexibility index (Phi) is 4.34. The highest BCUT2D eigenvalue weighted by Gasteiger charge is 2.16. The number of anilines is 2. The van der Waals surface area contributed by atoms with Crippen LogP contribution in [0.3, 0.4) is 0 Å². The largest absolute Gasteiger partial charge is 0.446 e. The normalized spacial score (nSPS) is 15.9. The highest BCUT2D eigenvalue weighted by molar-refractivity contribution is 6.35. The molecule has 0 aromatic carbocycles. The van der Waals surface area contributed by atoms with Crippen LogP contribution in [0, 0.1) is 5.41 Å². The number of allylic oxidation sites excluding steroid dienone is 2. The van der Waals surface area contributed by atoms with Gasteiger partial charge in [0, 0.05) is 7.05 Å². The number of halogens is 1. The summed E-state index contributed by atoms with van der Waals surface area (Å²) < 4.78 is 5.62. The zero-order chi connectivity index (χ0) is 14.5. The fraction of sp³-hybridized carbons (Fsp3) is 0.0833. The molecular formula is C12H14ClN6O+. The monoisotopic (exact) mass is 293 g/mol. The first kappa shape index (κ1) is 14.0. The van der Waals surface area contributed by atoms with Crippen LogP contribution in [0.4, 0.5) is 11.5 Å². The van der Waals surface area contributed by atoms with Crippen molar-refractivity contribution in [1.29, 1.82) is 5.41 Å². The van der Waals surface area contributed by atoms with Gasteiger partial charge in [0.2, 0.25) is 5.76 Å². The maximum absolute atomic E-state index is 7.44. The molecule has 7 nitrogen and oxygen atoms in total. The van der Waals surface area contributed by atoms with Gasteiger partial charge in [-0.25, -0.2) is 4.98 Å². The topological polar surface area (TPSA) is 113 Å². The van der Waals surface area contributed by atoms with Crippen LogP contribution in [0.5, 0.6) is 5.75 Å². The van der Waals surface area contributed by atoms with Gasteiger partial charge in [0.25, 0.3) is 0 Å². The number of aliphatic imine (C=N–C) groups is 1. The molecule has 0 unspecified atom stereocenters. The summed E-state index contributed by atoms with van der Waals surface area (Å²) in [5.41, 5.74) is 6.85. The standard InChI is InChI=1S/C12H13ClN6O/c1-16-11-10(13)9(6-19-12(11)15)20-8(4-14)7-5-17-2-3-18-7/h2-6,14,16,18H,1H3,(H2,15,19)/p+1/b8-7+,14-4?. The van der Waals surface area contributed by atoms with Crippen LogP contribution in [0.25, 0.3) is 0 Å². The number of nitrogen functional groups attached to an aromatic ring is 1. The fourth-order valence-corrected chi connectivity index (χ4v) is 1.87. The van der Waals surface area contributed by atoms with Crippen molar-refractivity contribution >= 4 is 35.5 Å². The summed E-state index contributed by atoms with van der Waals surface area (Å²) in [7, 11) is 1.69. The summed E-state index contributed by atoms with van der Waals surface area (Å²) in [6.45, 7) is 0. The Labute approximate surface area is 120 Å². The number of nitrogens with one attached hydrogen (secondary N) is 2. The summed E-state index contributed by atoms with van der Waals surface area (Å²) >= 11 is 6.19. The van der Waals surface area contributed by atoms with Gasteiger partial charge in [-0.3, -0.25) is 10.3 Å². The van der Waals surface area contributed by atoms with Gasteiger partial charge in [-0.15, -0.1) is 0 Å². The van der Waals surface area contributed by atoms with Crippen molar-refractivity contribution in [2.75, 3.05) is 18.1 Å². The van der Waals surface area contributed by atoms with E-state index in [1.807, 2.05) is 0 Å². The maximum atomic E-state index is 7.44. The Hall–Kier alpha value is -2.38. The van der Waals surface area contributed by atoms with E-state index in [9.17, 15) is 0 Å². The Bertz CT molecular complexity index is 623. The molecule has 1 aromatic rings. The van der Waals surface area contributed by atoms with Gasteiger partial charge in [-0.1, -0.05) is 11.6 Å². The molecule has 0 saturated carbocycles. The highest BCUT2D eigenvalue weighted by atomic mass is 35.5. The number of nitrogens with two attached hydrogens (primary N) is 2. The van der Waals surface area contributed by atoms with Gasteiger partial charge in [0.15, 0.2) is 11.4 Å². The van der Waals surface area contributed by atoms with E-state index < -0.39 is 0 Å². The smallest absolute Gasteiger partial charge is 0.207 e. The van der Waals surface area contributed by atoms with E-state index in [0.29, 0.717) is 27.9 Å². The first-order chi connectivity index (χ1) is 9.67. The van der Waals surface area contributed by atoms with E-state index in [-0.39, 0.29) is 5.82 Å². The second-order valence-electron chi connectivity index (χ2n) is 3.80. The van der Waals surface area contributed by atoms with Gasteiger partial charge in [-0.05, 0) is 0 Å². The third-order valence-electron chi connectivity index (χ3n) is 2.56. The summed E-state index contributed by atoms with van der Waals surface area (Å²) in [6.07, 6.45) is 7.49. The van der Waals surface area contributed by atoms with E-state index in [2.05, 4.69) is 15.3 Å². The van der Waals surface area contributed by atoms with E-state index in [1.165, 1.54) is 6.20 Å². The summed E-state index contributed by atoms with van der Waals surface area (Å²) in [6, 6.07) is 0. The fourth-order valence-electron chi connectivity index (χ4n) is 1.59. The minimum atomic E-state index is 0.280. The van der Waals surface area contributed by atoms with E-state index >= 15 is 0 Å². The second kappa shape index (κ2) is 6.18. The van der Waals surface area contributed by atoms with Gasteiger partial charge >= 0.3 is 0 Å². The zero-order valence-corrected chi connectivity index (χ0v) is 11.5. The molecule has 1 aliphatic heterocycles. The number of nitrogens with zero attached hydrogens (tertiary/aromatic N) is 2. The van der Waals surface area contributed by atoms with Gasteiger partial charge in [-0.2, -0.15) is 0 Å². The molecule has 0 bridgehead atoms. The molecule has 1 aliphatic rings. The molecule has 6 N–H and O–H groups in total. The van der Waals surface area contributed by atoms with Crippen LogP contribution >= 0.6 is 11.6 Å². The molecule has 2 heterocycles. The highest BCUT2D eigenvalue weighted by Crippen LogP contribution is 2.35.